The Labute approximate surface area is 213 Å². The Kier molecular flexibility index (Phi) is 8.54. The molecule has 4 rings (SSSR count). The van der Waals surface area contributed by atoms with E-state index in [1.165, 1.54) is 0 Å². The number of hydrogen-bond donors (Lipinski definition) is 1. The number of amides is 1. The van der Waals surface area contributed by atoms with Crippen LogP contribution in [0.3, 0.4) is 0 Å². The van der Waals surface area contributed by atoms with E-state index in [-0.39, 0.29) is 17.8 Å². The lowest BCUT2D eigenvalue weighted by Crippen LogP contribution is -2.47. The van der Waals surface area contributed by atoms with Gasteiger partial charge in [0.1, 0.15) is 11.6 Å². The highest BCUT2D eigenvalue weighted by Crippen LogP contribution is 2.30. The predicted octanol–water partition coefficient (Wildman–Crippen LogP) is 5.31. The predicted molar refractivity (Wildman–Crippen MR) is 142 cm³/mol. The molecule has 1 aliphatic heterocycles. The standard InChI is InChI=1S/C29H35FN4O2/c1-4-12-32-29(35)22-6-9-25(10-7-22)34-15-13-33(14-16-34)21(3)27-11-8-23(18-28(27)30)24-17-26(36-5-2)20-31-19-24/h6-11,17-21H,4-5,12-16H2,1-3H3,(H,32,35). The SMILES string of the molecule is CCCNC(=O)c1ccc(N2CCN(C(C)c3ccc(-c4cncc(OCC)c4)cc3F)CC2)cc1. The number of rotatable bonds is 9. The average Bonchev–Trinajstić information content (AvgIpc) is 2.92. The third kappa shape index (κ3) is 6.02. The van der Waals surface area contributed by atoms with Gasteiger partial charge < -0.3 is 15.0 Å². The van der Waals surface area contributed by atoms with Crippen LogP contribution in [-0.2, 0) is 0 Å². The molecule has 3 aromatic rings. The molecule has 0 saturated carbocycles. The highest BCUT2D eigenvalue weighted by molar-refractivity contribution is 5.94. The third-order valence-corrected chi connectivity index (χ3v) is 6.70. The summed E-state index contributed by atoms with van der Waals surface area (Å²) in [7, 11) is 0. The summed E-state index contributed by atoms with van der Waals surface area (Å²) in [6.07, 6.45) is 4.31. The van der Waals surface area contributed by atoms with Crippen LogP contribution >= 0.6 is 0 Å². The van der Waals surface area contributed by atoms with Gasteiger partial charge in [-0.15, -0.1) is 0 Å². The molecule has 2 heterocycles. The molecule has 1 atom stereocenters. The topological polar surface area (TPSA) is 57.7 Å². The fourth-order valence-electron chi connectivity index (χ4n) is 4.60. The number of anilines is 1. The highest BCUT2D eigenvalue weighted by atomic mass is 19.1. The zero-order valence-electron chi connectivity index (χ0n) is 21.3. The summed E-state index contributed by atoms with van der Waals surface area (Å²) >= 11 is 0. The number of nitrogens with zero attached hydrogens (tertiary/aromatic N) is 3. The molecule has 0 bridgehead atoms. The minimum Gasteiger partial charge on any atom is -0.492 e. The third-order valence-electron chi connectivity index (χ3n) is 6.70. The Morgan fingerprint density at radius 3 is 2.44 bits per heavy atom. The van der Waals surface area contributed by atoms with Crippen molar-refractivity contribution in [3.05, 3.63) is 77.9 Å². The van der Waals surface area contributed by atoms with Crippen molar-refractivity contribution in [3.63, 3.8) is 0 Å². The van der Waals surface area contributed by atoms with E-state index in [4.69, 9.17) is 4.74 Å². The van der Waals surface area contributed by atoms with Crippen LogP contribution < -0.4 is 15.0 Å². The molecule has 2 aromatic carbocycles. The summed E-state index contributed by atoms with van der Waals surface area (Å²) < 4.78 is 20.7. The Balaban J connectivity index is 1.37. The van der Waals surface area contributed by atoms with Gasteiger partial charge in [0.2, 0.25) is 0 Å². The summed E-state index contributed by atoms with van der Waals surface area (Å²) in [4.78, 5) is 21.0. The summed E-state index contributed by atoms with van der Waals surface area (Å²) in [6, 6.07) is 15.1. The van der Waals surface area contributed by atoms with E-state index in [2.05, 4.69) is 27.0 Å². The molecule has 0 spiro atoms. The first kappa shape index (κ1) is 25.6. The smallest absolute Gasteiger partial charge is 0.251 e. The minimum atomic E-state index is -0.207. The minimum absolute atomic E-state index is 0.0290. The Hall–Kier alpha value is -3.45. The molecule has 0 radical (unpaired) electrons. The molecule has 7 heteroatoms. The van der Waals surface area contributed by atoms with E-state index in [0.29, 0.717) is 30.0 Å². The first-order chi connectivity index (χ1) is 17.5. The van der Waals surface area contributed by atoms with E-state index in [0.717, 1.165) is 49.4 Å². The van der Waals surface area contributed by atoms with Crippen molar-refractivity contribution in [2.24, 2.45) is 0 Å². The van der Waals surface area contributed by atoms with Crippen LogP contribution in [0.15, 0.2) is 60.9 Å². The van der Waals surface area contributed by atoms with Crippen LogP contribution in [0, 0.1) is 5.82 Å². The second-order valence-corrected chi connectivity index (χ2v) is 9.08. The summed E-state index contributed by atoms with van der Waals surface area (Å²) in [6.45, 7) is 10.6. The Morgan fingerprint density at radius 1 is 1.03 bits per heavy atom. The van der Waals surface area contributed by atoms with E-state index < -0.39 is 0 Å². The van der Waals surface area contributed by atoms with Crippen LogP contribution in [0.25, 0.3) is 11.1 Å². The van der Waals surface area contributed by atoms with E-state index in [9.17, 15) is 4.79 Å². The maximum Gasteiger partial charge on any atom is 0.251 e. The normalized spacial score (nSPS) is 14.9. The van der Waals surface area contributed by atoms with Gasteiger partial charge in [-0.3, -0.25) is 14.7 Å². The number of piperazine rings is 1. The van der Waals surface area contributed by atoms with Gasteiger partial charge in [0, 0.05) is 67.3 Å². The van der Waals surface area contributed by atoms with Crippen LogP contribution in [0.2, 0.25) is 0 Å². The molecule has 1 amide bonds. The molecule has 190 valence electrons. The van der Waals surface area contributed by atoms with Crippen LogP contribution in [0.5, 0.6) is 5.75 Å². The van der Waals surface area contributed by atoms with Gasteiger partial charge in [-0.25, -0.2) is 4.39 Å². The number of ether oxygens (including phenoxy) is 1. The lowest BCUT2D eigenvalue weighted by atomic mass is 10.00. The number of benzene rings is 2. The van der Waals surface area contributed by atoms with Crippen molar-refractivity contribution in [1.82, 2.24) is 15.2 Å². The molecule has 1 N–H and O–H groups in total. The molecule has 6 nitrogen and oxygen atoms in total. The molecule has 36 heavy (non-hydrogen) atoms. The first-order valence-corrected chi connectivity index (χ1v) is 12.7. The van der Waals surface area contributed by atoms with Crippen molar-refractivity contribution in [3.8, 4) is 16.9 Å². The van der Waals surface area contributed by atoms with E-state index in [1.807, 2.05) is 56.3 Å². The lowest BCUT2D eigenvalue weighted by molar-refractivity contribution is 0.0953. The molecule has 1 unspecified atom stereocenters. The summed E-state index contributed by atoms with van der Waals surface area (Å²) in [5, 5.41) is 2.91. The van der Waals surface area contributed by atoms with Crippen molar-refractivity contribution < 1.29 is 13.9 Å². The van der Waals surface area contributed by atoms with Crippen LogP contribution in [0.1, 0.15) is 49.2 Å². The highest BCUT2D eigenvalue weighted by Gasteiger charge is 2.24. The molecule has 1 aromatic heterocycles. The second kappa shape index (κ2) is 12.0. The maximum atomic E-state index is 15.2. The lowest BCUT2D eigenvalue weighted by Gasteiger charge is -2.39. The second-order valence-electron chi connectivity index (χ2n) is 9.08. The van der Waals surface area contributed by atoms with Crippen LogP contribution in [-0.4, -0.2) is 55.1 Å². The molecule has 1 aliphatic rings. The average molecular weight is 491 g/mol. The van der Waals surface area contributed by atoms with Crippen LogP contribution in [0.4, 0.5) is 10.1 Å². The van der Waals surface area contributed by atoms with E-state index >= 15 is 4.39 Å². The number of carbonyl (C=O) groups excluding carboxylic acids is 1. The van der Waals surface area contributed by atoms with Gasteiger partial charge in [0.15, 0.2) is 0 Å². The van der Waals surface area contributed by atoms with E-state index in [1.54, 1.807) is 18.5 Å². The van der Waals surface area contributed by atoms with Gasteiger partial charge in [-0.2, -0.15) is 0 Å². The van der Waals surface area contributed by atoms with Gasteiger partial charge in [-0.05, 0) is 62.2 Å². The number of pyridine rings is 1. The molecule has 0 aliphatic carbocycles. The fourth-order valence-corrected chi connectivity index (χ4v) is 4.60. The number of halogens is 1. The summed E-state index contributed by atoms with van der Waals surface area (Å²) in [5.41, 5.74) is 4.10. The van der Waals surface area contributed by atoms with Crippen molar-refractivity contribution in [2.75, 3.05) is 44.2 Å². The maximum absolute atomic E-state index is 15.2. The van der Waals surface area contributed by atoms with Crippen molar-refractivity contribution in [1.29, 1.82) is 0 Å². The quantitative estimate of drug-likeness (QED) is 0.441. The molecule has 1 saturated heterocycles. The van der Waals surface area contributed by atoms with Gasteiger partial charge in [0.05, 0.1) is 12.8 Å². The zero-order chi connectivity index (χ0) is 25.5. The number of aromatic nitrogens is 1. The first-order valence-electron chi connectivity index (χ1n) is 12.7. The molecular formula is C29H35FN4O2. The molecular weight excluding hydrogens is 455 g/mol. The largest absolute Gasteiger partial charge is 0.492 e. The number of hydrogen-bond acceptors (Lipinski definition) is 5. The van der Waals surface area contributed by atoms with Gasteiger partial charge in [0.25, 0.3) is 5.91 Å². The zero-order valence-corrected chi connectivity index (χ0v) is 21.3. The Morgan fingerprint density at radius 2 is 1.78 bits per heavy atom. The molecule has 1 fully saturated rings. The fraction of sp³-hybridized carbons (Fsp3) is 0.379. The van der Waals surface area contributed by atoms with Crippen molar-refractivity contribution in [2.45, 2.75) is 33.2 Å². The van der Waals surface area contributed by atoms with Gasteiger partial charge in [-0.1, -0.05) is 19.1 Å². The van der Waals surface area contributed by atoms with Crippen molar-refractivity contribution >= 4 is 11.6 Å². The van der Waals surface area contributed by atoms with Gasteiger partial charge >= 0.3 is 0 Å². The summed E-state index contributed by atoms with van der Waals surface area (Å²) in [5.74, 6) is 0.439. The monoisotopic (exact) mass is 490 g/mol. The number of nitrogens with one attached hydrogen (secondary N) is 1. The Bertz CT molecular complexity index is 1160. The number of carbonyl (C=O) groups is 1.